The Bertz CT molecular complexity index is 258. The highest BCUT2D eigenvalue weighted by Gasteiger charge is 2.29. The van der Waals surface area contributed by atoms with Crippen molar-refractivity contribution in [2.45, 2.75) is 73.4 Å². The average molecular weight is 268 g/mol. The van der Waals surface area contributed by atoms with Crippen LogP contribution in [-0.4, -0.2) is 48.1 Å². The third-order valence-electron chi connectivity index (χ3n) is 4.62. The number of likely N-dealkylation sites (tertiary alicyclic amines) is 2. The normalized spacial score (nSPS) is 27.9. The van der Waals surface area contributed by atoms with E-state index in [2.05, 4.69) is 58.3 Å². The molecule has 2 aliphatic heterocycles. The minimum absolute atomic E-state index is 0.574. The lowest BCUT2D eigenvalue weighted by molar-refractivity contribution is 0.243. The van der Waals surface area contributed by atoms with Crippen LogP contribution in [0, 0.1) is 11.3 Å². The summed E-state index contributed by atoms with van der Waals surface area (Å²) in [5.41, 5.74) is 0.574. The summed E-state index contributed by atoms with van der Waals surface area (Å²) in [6.45, 7) is 21.4. The first-order valence-corrected chi connectivity index (χ1v) is 8.19. The smallest absolute Gasteiger partial charge is 0.00388 e. The molecule has 0 aliphatic carbocycles. The topological polar surface area (TPSA) is 6.48 Å². The Morgan fingerprint density at radius 3 is 1.74 bits per heavy atom. The molecule has 1 unspecified atom stereocenters. The van der Waals surface area contributed by atoms with Crippen molar-refractivity contribution >= 4 is 0 Å². The molecule has 19 heavy (non-hydrogen) atoms. The molecule has 2 nitrogen and oxygen atoms in total. The molecule has 0 radical (unpaired) electrons. The largest absolute Gasteiger partial charge is 0.301 e. The Hall–Kier alpha value is -0.0800. The zero-order chi connectivity index (χ0) is 14.6. The van der Waals surface area contributed by atoms with Gasteiger partial charge in [0.1, 0.15) is 0 Å². The van der Waals surface area contributed by atoms with Gasteiger partial charge in [-0.05, 0) is 65.0 Å². The van der Waals surface area contributed by atoms with Gasteiger partial charge in [0, 0.05) is 25.2 Å². The van der Waals surface area contributed by atoms with Crippen molar-refractivity contribution in [3.63, 3.8) is 0 Å². The Balaban J connectivity index is 0.000000191. The molecule has 2 aliphatic rings. The maximum atomic E-state index is 2.56. The molecule has 0 aromatic rings. The van der Waals surface area contributed by atoms with Gasteiger partial charge >= 0.3 is 0 Å². The summed E-state index contributed by atoms with van der Waals surface area (Å²) >= 11 is 0. The van der Waals surface area contributed by atoms with Crippen LogP contribution in [0.1, 0.15) is 61.3 Å². The molecule has 0 amide bonds. The molecule has 2 saturated heterocycles. The van der Waals surface area contributed by atoms with Gasteiger partial charge < -0.3 is 9.80 Å². The molecule has 0 aromatic heterocycles. The Morgan fingerprint density at radius 1 is 0.947 bits per heavy atom. The summed E-state index contributed by atoms with van der Waals surface area (Å²) in [5, 5.41) is 0. The van der Waals surface area contributed by atoms with E-state index in [0.29, 0.717) is 5.41 Å². The summed E-state index contributed by atoms with van der Waals surface area (Å²) in [6, 6.07) is 1.50. The van der Waals surface area contributed by atoms with Crippen LogP contribution in [0.3, 0.4) is 0 Å². The van der Waals surface area contributed by atoms with Gasteiger partial charge in [0.25, 0.3) is 0 Å². The maximum Gasteiger partial charge on any atom is 0.00388 e. The van der Waals surface area contributed by atoms with Gasteiger partial charge in [-0.25, -0.2) is 0 Å². The standard InChI is InChI=1S/C9H19N.C8H17N/c1-8(2)10-6-5-9(3,4)7-10;1-7(2)9-5-4-8(3)6-9/h8H,5-7H2,1-4H3;7-8H,4-6H2,1-3H3. The van der Waals surface area contributed by atoms with E-state index in [4.69, 9.17) is 0 Å². The predicted molar refractivity (Wildman–Crippen MR) is 85.6 cm³/mol. The summed E-state index contributed by atoms with van der Waals surface area (Å²) in [6.07, 6.45) is 2.77. The molecule has 2 heterocycles. The molecule has 2 fully saturated rings. The minimum Gasteiger partial charge on any atom is -0.301 e. The fourth-order valence-electron chi connectivity index (χ4n) is 3.03. The lowest BCUT2D eigenvalue weighted by Gasteiger charge is -2.22. The van der Waals surface area contributed by atoms with E-state index >= 15 is 0 Å². The van der Waals surface area contributed by atoms with Crippen LogP contribution in [0.2, 0.25) is 0 Å². The third kappa shape index (κ3) is 5.83. The van der Waals surface area contributed by atoms with Gasteiger partial charge in [0.15, 0.2) is 0 Å². The number of hydrogen-bond acceptors (Lipinski definition) is 2. The number of hydrogen-bond donors (Lipinski definition) is 0. The van der Waals surface area contributed by atoms with Gasteiger partial charge in [-0.3, -0.25) is 0 Å². The fourth-order valence-corrected chi connectivity index (χ4v) is 3.03. The molecule has 114 valence electrons. The van der Waals surface area contributed by atoms with E-state index in [1.807, 2.05) is 0 Å². The van der Waals surface area contributed by atoms with Gasteiger partial charge in [-0.2, -0.15) is 0 Å². The Morgan fingerprint density at radius 2 is 1.53 bits per heavy atom. The number of rotatable bonds is 2. The maximum absolute atomic E-state index is 2.56. The highest BCUT2D eigenvalue weighted by atomic mass is 15.2. The van der Waals surface area contributed by atoms with Crippen LogP contribution >= 0.6 is 0 Å². The van der Waals surface area contributed by atoms with Crippen molar-refractivity contribution in [3.05, 3.63) is 0 Å². The van der Waals surface area contributed by atoms with Crippen molar-refractivity contribution in [1.82, 2.24) is 9.80 Å². The van der Waals surface area contributed by atoms with E-state index in [-0.39, 0.29) is 0 Å². The zero-order valence-electron chi connectivity index (χ0n) is 14.4. The minimum atomic E-state index is 0.574. The Labute approximate surface area is 121 Å². The second-order valence-electron chi connectivity index (χ2n) is 7.96. The van der Waals surface area contributed by atoms with Crippen molar-refractivity contribution in [2.75, 3.05) is 26.2 Å². The van der Waals surface area contributed by atoms with E-state index in [9.17, 15) is 0 Å². The fraction of sp³-hybridized carbons (Fsp3) is 1.00. The molecule has 0 saturated carbocycles. The predicted octanol–water partition coefficient (Wildman–Crippen LogP) is 3.86. The second-order valence-corrected chi connectivity index (χ2v) is 7.96. The van der Waals surface area contributed by atoms with Crippen LogP contribution in [0.25, 0.3) is 0 Å². The quantitative estimate of drug-likeness (QED) is 0.750. The van der Waals surface area contributed by atoms with Gasteiger partial charge in [-0.15, -0.1) is 0 Å². The molecule has 2 heteroatoms. The number of nitrogens with zero attached hydrogens (tertiary/aromatic N) is 2. The van der Waals surface area contributed by atoms with Crippen LogP contribution < -0.4 is 0 Å². The van der Waals surface area contributed by atoms with Crippen LogP contribution in [0.15, 0.2) is 0 Å². The molecule has 0 bridgehead atoms. The first kappa shape index (κ1) is 17.0. The van der Waals surface area contributed by atoms with Crippen molar-refractivity contribution < 1.29 is 0 Å². The van der Waals surface area contributed by atoms with Crippen molar-refractivity contribution in [3.8, 4) is 0 Å². The van der Waals surface area contributed by atoms with Crippen LogP contribution in [0.4, 0.5) is 0 Å². The highest BCUT2D eigenvalue weighted by Crippen LogP contribution is 2.29. The third-order valence-corrected chi connectivity index (χ3v) is 4.62. The molecular weight excluding hydrogens is 232 g/mol. The zero-order valence-corrected chi connectivity index (χ0v) is 14.4. The molecule has 0 aromatic carbocycles. The van der Waals surface area contributed by atoms with Crippen LogP contribution in [0.5, 0.6) is 0 Å². The Kier molecular flexibility index (Phi) is 6.32. The van der Waals surface area contributed by atoms with E-state index in [1.165, 1.54) is 39.0 Å². The molecule has 2 rings (SSSR count). The molecular formula is C17H36N2. The molecule has 1 atom stereocenters. The van der Waals surface area contributed by atoms with Gasteiger partial charge in [0.2, 0.25) is 0 Å². The monoisotopic (exact) mass is 268 g/mol. The van der Waals surface area contributed by atoms with Gasteiger partial charge in [-0.1, -0.05) is 20.8 Å². The first-order chi connectivity index (χ1) is 8.71. The van der Waals surface area contributed by atoms with E-state index in [0.717, 1.165) is 18.0 Å². The summed E-state index contributed by atoms with van der Waals surface area (Å²) in [7, 11) is 0. The summed E-state index contributed by atoms with van der Waals surface area (Å²) < 4.78 is 0. The summed E-state index contributed by atoms with van der Waals surface area (Å²) in [4.78, 5) is 5.10. The van der Waals surface area contributed by atoms with Crippen molar-refractivity contribution in [2.24, 2.45) is 11.3 Å². The molecule has 0 N–H and O–H groups in total. The lowest BCUT2D eigenvalue weighted by Crippen LogP contribution is -2.29. The molecule has 0 spiro atoms. The average Bonchev–Trinajstić information content (AvgIpc) is 2.85. The SMILES string of the molecule is CC(C)N1CCC(C)(C)C1.CC1CCN(C(C)C)C1. The van der Waals surface area contributed by atoms with Gasteiger partial charge in [0.05, 0.1) is 0 Å². The first-order valence-electron chi connectivity index (χ1n) is 8.19. The van der Waals surface area contributed by atoms with Crippen LogP contribution in [-0.2, 0) is 0 Å². The van der Waals surface area contributed by atoms with E-state index < -0.39 is 0 Å². The second kappa shape index (κ2) is 7.08. The lowest BCUT2D eigenvalue weighted by atomic mass is 9.93. The van der Waals surface area contributed by atoms with Crippen molar-refractivity contribution in [1.29, 1.82) is 0 Å². The highest BCUT2D eigenvalue weighted by molar-refractivity contribution is 4.83. The van der Waals surface area contributed by atoms with E-state index in [1.54, 1.807) is 0 Å². The summed E-state index contributed by atoms with van der Waals surface area (Å²) in [5.74, 6) is 0.937.